The van der Waals surface area contributed by atoms with Crippen LogP contribution in [-0.2, 0) is 23.8 Å². The van der Waals surface area contributed by atoms with Crippen LogP contribution in [0.5, 0.6) is 0 Å². The third kappa shape index (κ3) is 8.15. The number of nitrogens with one attached hydrogen (secondary N) is 1. The van der Waals surface area contributed by atoms with Crippen LogP contribution in [-0.4, -0.2) is 65.4 Å². The minimum absolute atomic E-state index is 0.0114. The lowest BCUT2D eigenvalue weighted by molar-refractivity contribution is -0.192. The fourth-order valence-electron chi connectivity index (χ4n) is 2.86. The SMILES string of the molecule is Nc1ccn([C@@H]2CO[C@H](COC(=O)CC3CCNCC3)O2)c(=O)n1.O=C(O)C(F)(F)F. The number of carbonyl (C=O) groups excluding carboxylic acids is 1. The van der Waals surface area contributed by atoms with Gasteiger partial charge in [0.15, 0.2) is 12.5 Å². The van der Waals surface area contributed by atoms with E-state index in [1.165, 1.54) is 16.8 Å². The first-order valence-corrected chi connectivity index (χ1v) is 9.34. The van der Waals surface area contributed by atoms with Crippen LogP contribution in [0.2, 0.25) is 0 Å². The number of nitrogen functional groups attached to an aromatic ring is 1. The molecule has 0 amide bonds. The number of hydrogen-bond acceptors (Lipinski definition) is 9. The van der Waals surface area contributed by atoms with E-state index in [1.807, 2.05) is 0 Å². The van der Waals surface area contributed by atoms with Crippen molar-refractivity contribution in [1.82, 2.24) is 14.9 Å². The van der Waals surface area contributed by atoms with Crippen molar-refractivity contribution in [3.63, 3.8) is 0 Å². The second-order valence-corrected chi connectivity index (χ2v) is 6.78. The molecule has 2 atom stereocenters. The van der Waals surface area contributed by atoms with E-state index in [1.54, 1.807) is 0 Å². The lowest BCUT2D eigenvalue weighted by Crippen LogP contribution is -2.30. The van der Waals surface area contributed by atoms with Crippen molar-refractivity contribution in [3.8, 4) is 0 Å². The molecule has 1 aromatic heterocycles. The highest BCUT2D eigenvalue weighted by Gasteiger charge is 2.38. The summed E-state index contributed by atoms with van der Waals surface area (Å²) in [6.45, 7) is 2.08. The number of aliphatic carboxylic acids is 1. The van der Waals surface area contributed by atoms with Crippen molar-refractivity contribution < 1.29 is 42.1 Å². The second kappa shape index (κ2) is 11.1. The molecule has 2 aliphatic rings. The number of nitrogens with two attached hydrogens (primary N) is 1. The molecular formula is C17H23F3N4O7. The Morgan fingerprint density at radius 3 is 2.58 bits per heavy atom. The number of esters is 1. The summed E-state index contributed by atoms with van der Waals surface area (Å²) in [5, 5.41) is 10.4. The summed E-state index contributed by atoms with van der Waals surface area (Å²) < 4.78 is 49.3. The average Bonchev–Trinajstić information content (AvgIpc) is 3.15. The Kier molecular flexibility index (Phi) is 8.76. The highest BCUT2D eigenvalue weighted by molar-refractivity contribution is 5.73. The van der Waals surface area contributed by atoms with Crippen LogP contribution in [0, 0.1) is 5.92 Å². The number of nitrogens with zero attached hydrogens (tertiary/aromatic N) is 2. The maximum atomic E-state index is 11.9. The van der Waals surface area contributed by atoms with Gasteiger partial charge in [-0.3, -0.25) is 9.36 Å². The normalized spacial score (nSPS) is 21.8. The van der Waals surface area contributed by atoms with E-state index in [-0.39, 0.29) is 25.0 Å². The highest BCUT2D eigenvalue weighted by Crippen LogP contribution is 2.21. The number of aromatic nitrogens is 2. The molecule has 0 spiro atoms. The lowest BCUT2D eigenvalue weighted by Gasteiger charge is -2.21. The maximum Gasteiger partial charge on any atom is 0.490 e. The molecule has 0 unspecified atom stereocenters. The van der Waals surface area contributed by atoms with Crippen molar-refractivity contribution in [2.45, 2.75) is 38.0 Å². The summed E-state index contributed by atoms with van der Waals surface area (Å²) in [5.41, 5.74) is 4.95. The van der Waals surface area contributed by atoms with Gasteiger partial charge in [-0.05, 0) is 37.9 Å². The largest absolute Gasteiger partial charge is 0.490 e. The number of carboxylic acid groups (broad SMARTS) is 1. The van der Waals surface area contributed by atoms with Gasteiger partial charge in [0, 0.05) is 12.6 Å². The fraction of sp³-hybridized carbons (Fsp3) is 0.647. The molecule has 0 aromatic carbocycles. The molecule has 3 heterocycles. The summed E-state index contributed by atoms with van der Waals surface area (Å²) in [7, 11) is 0. The Hall–Kier alpha value is -2.71. The summed E-state index contributed by atoms with van der Waals surface area (Å²) in [6, 6.07) is 1.51. The Labute approximate surface area is 174 Å². The van der Waals surface area contributed by atoms with Gasteiger partial charge in [-0.2, -0.15) is 18.2 Å². The molecule has 2 saturated heterocycles. The van der Waals surface area contributed by atoms with Crippen molar-refractivity contribution >= 4 is 17.8 Å². The molecular weight excluding hydrogens is 429 g/mol. The molecule has 0 bridgehead atoms. The number of hydrogen-bond donors (Lipinski definition) is 3. The van der Waals surface area contributed by atoms with Crippen molar-refractivity contribution in [1.29, 1.82) is 0 Å². The molecule has 2 aliphatic heterocycles. The third-order valence-corrected chi connectivity index (χ3v) is 4.43. The summed E-state index contributed by atoms with van der Waals surface area (Å²) in [5.74, 6) is -2.48. The van der Waals surface area contributed by atoms with Gasteiger partial charge in [-0.1, -0.05) is 0 Å². The van der Waals surface area contributed by atoms with Crippen LogP contribution in [0.1, 0.15) is 25.5 Å². The maximum absolute atomic E-state index is 11.9. The van der Waals surface area contributed by atoms with Gasteiger partial charge >= 0.3 is 23.8 Å². The number of ether oxygens (including phenoxy) is 3. The van der Waals surface area contributed by atoms with Crippen LogP contribution in [0.15, 0.2) is 17.1 Å². The zero-order valence-corrected chi connectivity index (χ0v) is 16.3. The van der Waals surface area contributed by atoms with Gasteiger partial charge in [0.25, 0.3) is 0 Å². The number of carbonyl (C=O) groups is 2. The first-order chi connectivity index (χ1) is 14.6. The Morgan fingerprint density at radius 1 is 1.35 bits per heavy atom. The zero-order chi connectivity index (χ0) is 23.0. The van der Waals surface area contributed by atoms with Crippen molar-refractivity contribution in [2.24, 2.45) is 5.92 Å². The third-order valence-electron chi connectivity index (χ3n) is 4.43. The summed E-state index contributed by atoms with van der Waals surface area (Å²) >= 11 is 0. The summed E-state index contributed by atoms with van der Waals surface area (Å²) in [6.07, 6.45) is -2.47. The molecule has 4 N–H and O–H groups in total. The van der Waals surface area contributed by atoms with Crippen LogP contribution >= 0.6 is 0 Å². The molecule has 2 fully saturated rings. The van der Waals surface area contributed by atoms with Gasteiger partial charge in [-0.25, -0.2) is 9.59 Å². The molecule has 31 heavy (non-hydrogen) atoms. The van der Waals surface area contributed by atoms with Crippen molar-refractivity contribution in [3.05, 3.63) is 22.7 Å². The minimum atomic E-state index is -5.08. The predicted molar refractivity (Wildman–Crippen MR) is 97.6 cm³/mol. The van der Waals surface area contributed by atoms with E-state index in [2.05, 4.69) is 10.3 Å². The summed E-state index contributed by atoms with van der Waals surface area (Å²) in [4.78, 5) is 36.2. The monoisotopic (exact) mass is 452 g/mol. The first kappa shape index (κ1) is 24.6. The predicted octanol–water partition coefficient (Wildman–Crippen LogP) is 0.263. The zero-order valence-electron chi connectivity index (χ0n) is 16.3. The van der Waals surface area contributed by atoms with E-state index in [0.717, 1.165) is 25.9 Å². The van der Waals surface area contributed by atoms with E-state index in [4.69, 9.17) is 29.8 Å². The average molecular weight is 452 g/mol. The first-order valence-electron chi connectivity index (χ1n) is 9.34. The number of carboxylic acids is 1. The molecule has 0 aliphatic carbocycles. The fourth-order valence-corrected chi connectivity index (χ4v) is 2.86. The molecule has 0 radical (unpaired) electrons. The van der Waals surface area contributed by atoms with Crippen LogP contribution in [0.25, 0.3) is 0 Å². The Balaban J connectivity index is 0.000000423. The number of halogens is 3. The number of piperidine rings is 1. The molecule has 1 aromatic rings. The van der Waals surface area contributed by atoms with Gasteiger partial charge in [0.2, 0.25) is 0 Å². The quantitative estimate of drug-likeness (QED) is 0.530. The van der Waals surface area contributed by atoms with Crippen LogP contribution < -0.4 is 16.7 Å². The van der Waals surface area contributed by atoms with Gasteiger partial charge < -0.3 is 30.4 Å². The molecule has 174 valence electrons. The lowest BCUT2D eigenvalue weighted by atomic mass is 9.95. The molecule has 0 saturated carbocycles. The highest BCUT2D eigenvalue weighted by atomic mass is 19.4. The van der Waals surface area contributed by atoms with Crippen molar-refractivity contribution in [2.75, 3.05) is 32.0 Å². The smallest absolute Gasteiger partial charge is 0.475 e. The molecule has 11 nitrogen and oxygen atoms in total. The number of alkyl halides is 3. The van der Waals surface area contributed by atoms with Gasteiger partial charge in [-0.15, -0.1) is 0 Å². The Bertz CT molecular complexity index is 812. The standard InChI is InChI=1S/C15H22N4O5.C2HF3O2/c16-11-3-6-19(15(21)18-11)12-8-23-14(24-12)9-22-13(20)7-10-1-4-17-5-2-10;3-2(4,5)1(6)7/h3,6,10,12,14,17H,1-2,4-5,7-9H2,(H2,16,18,21);(H,6,7)/t12-,14-;/m0./s1. The van der Waals surface area contributed by atoms with Crippen LogP contribution in [0.3, 0.4) is 0 Å². The topological polar surface area (TPSA) is 155 Å². The second-order valence-electron chi connectivity index (χ2n) is 6.78. The molecule has 3 rings (SSSR count). The molecule has 14 heteroatoms. The van der Waals surface area contributed by atoms with Gasteiger partial charge in [0.1, 0.15) is 12.4 Å². The van der Waals surface area contributed by atoms with E-state index in [9.17, 15) is 22.8 Å². The van der Waals surface area contributed by atoms with Crippen LogP contribution in [0.4, 0.5) is 19.0 Å². The number of anilines is 1. The van der Waals surface area contributed by atoms with E-state index >= 15 is 0 Å². The van der Waals surface area contributed by atoms with Gasteiger partial charge in [0.05, 0.1) is 6.61 Å². The van der Waals surface area contributed by atoms with E-state index < -0.39 is 30.4 Å². The minimum Gasteiger partial charge on any atom is -0.475 e. The Morgan fingerprint density at radius 2 is 2.00 bits per heavy atom. The number of rotatable bonds is 5. The van der Waals surface area contributed by atoms with E-state index in [0.29, 0.717) is 12.3 Å².